The molecule has 0 aliphatic rings. The zero-order valence-corrected chi connectivity index (χ0v) is 5.15. The molecule has 2 unspecified atom stereocenters. The van der Waals surface area contributed by atoms with Crippen LogP contribution in [0.5, 0.6) is 0 Å². The summed E-state index contributed by atoms with van der Waals surface area (Å²) in [6, 6.07) is 0.116. The molecule has 1 radical (unpaired) electrons. The van der Waals surface area contributed by atoms with Gasteiger partial charge < -0.3 is 5.73 Å². The molecule has 0 aliphatic heterocycles. The van der Waals surface area contributed by atoms with Crippen LogP contribution < -0.4 is 5.73 Å². The summed E-state index contributed by atoms with van der Waals surface area (Å²) in [5, 5.41) is 0. The molecule has 0 bridgehead atoms. The Hall–Kier alpha value is -0.0400. The minimum absolute atomic E-state index is 0.116. The van der Waals surface area contributed by atoms with Gasteiger partial charge in [0.25, 0.3) is 0 Å². The molecule has 0 heterocycles. The topological polar surface area (TPSA) is 26.0 Å². The Balaban J connectivity index is 3.14. The third-order valence-corrected chi connectivity index (χ3v) is 1.37. The van der Waals surface area contributed by atoms with Gasteiger partial charge in [0.2, 0.25) is 0 Å². The van der Waals surface area contributed by atoms with E-state index in [2.05, 4.69) is 20.8 Å². The van der Waals surface area contributed by atoms with Crippen LogP contribution in [0.3, 0.4) is 0 Å². The zero-order chi connectivity index (χ0) is 5.86. The second-order valence-electron chi connectivity index (χ2n) is 2.05. The van der Waals surface area contributed by atoms with Crippen LogP contribution in [0.4, 0.5) is 0 Å². The van der Waals surface area contributed by atoms with Gasteiger partial charge in [-0.1, -0.05) is 20.3 Å². The average Bonchev–Trinajstić information content (AvgIpc) is 1.65. The minimum atomic E-state index is 0.116. The van der Waals surface area contributed by atoms with Gasteiger partial charge in [-0.05, 0) is 12.8 Å². The van der Waals surface area contributed by atoms with Gasteiger partial charge in [0, 0.05) is 6.04 Å². The summed E-state index contributed by atoms with van der Waals surface area (Å²) in [7, 11) is 0. The molecule has 0 saturated carbocycles. The van der Waals surface area contributed by atoms with Crippen LogP contribution in [0.15, 0.2) is 0 Å². The van der Waals surface area contributed by atoms with E-state index in [4.69, 9.17) is 5.73 Å². The third-order valence-electron chi connectivity index (χ3n) is 1.37. The van der Waals surface area contributed by atoms with E-state index < -0.39 is 0 Å². The van der Waals surface area contributed by atoms with Gasteiger partial charge in [-0.3, -0.25) is 0 Å². The van der Waals surface area contributed by atoms with Crippen LogP contribution in [0.2, 0.25) is 0 Å². The molecule has 1 heteroatoms. The molecule has 2 N–H and O–H groups in total. The van der Waals surface area contributed by atoms with Crippen molar-refractivity contribution in [1.29, 1.82) is 0 Å². The molecule has 0 aromatic carbocycles. The van der Waals surface area contributed by atoms with Gasteiger partial charge in [-0.2, -0.15) is 0 Å². The Morgan fingerprint density at radius 1 is 1.71 bits per heavy atom. The molecule has 0 aliphatic carbocycles. The monoisotopic (exact) mass is 100 g/mol. The highest BCUT2D eigenvalue weighted by Crippen LogP contribution is 2.02. The Kier molecular flexibility index (Phi) is 3.01. The van der Waals surface area contributed by atoms with Crippen LogP contribution in [0, 0.1) is 12.8 Å². The van der Waals surface area contributed by atoms with Gasteiger partial charge >= 0.3 is 0 Å². The molecule has 7 heavy (non-hydrogen) atoms. The molecule has 2 atom stereocenters. The summed E-state index contributed by atoms with van der Waals surface area (Å²) in [4.78, 5) is 0. The van der Waals surface area contributed by atoms with E-state index in [1.165, 1.54) is 0 Å². The highest BCUT2D eigenvalue weighted by Gasteiger charge is 2.01. The van der Waals surface area contributed by atoms with Crippen molar-refractivity contribution in [2.75, 3.05) is 0 Å². The first-order valence-electron chi connectivity index (χ1n) is 2.77. The molecule has 43 valence electrons. The van der Waals surface area contributed by atoms with E-state index in [0.717, 1.165) is 6.42 Å². The van der Waals surface area contributed by atoms with Gasteiger partial charge in [-0.25, -0.2) is 0 Å². The summed E-state index contributed by atoms with van der Waals surface area (Å²) in [5.74, 6) is 0.569. The highest BCUT2D eigenvalue weighted by atomic mass is 14.6. The molecule has 0 fully saturated rings. The molecule has 0 rings (SSSR count). The van der Waals surface area contributed by atoms with Gasteiger partial charge in [0.05, 0.1) is 0 Å². The van der Waals surface area contributed by atoms with E-state index in [1.807, 2.05) is 0 Å². The summed E-state index contributed by atoms with van der Waals surface area (Å²) < 4.78 is 0. The van der Waals surface area contributed by atoms with Crippen molar-refractivity contribution in [3.05, 3.63) is 6.92 Å². The smallest absolute Gasteiger partial charge is 0.00650 e. The largest absolute Gasteiger partial charge is 0.327 e. The zero-order valence-electron chi connectivity index (χ0n) is 5.15. The fourth-order valence-corrected chi connectivity index (χ4v) is 0.303. The van der Waals surface area contributed by atoms with Crippen molar-refractivity contribution in [2.24, 2.45) is 11.7 Å². The van der Waals surface area contributed by atoms with E-state index >= 15 is 0 Å². The van der Waals surface area contributed by atoms with Crippen molar-refractivity contribution >= 4 is 0 Å². The standard InChI is InChI=1S/C6H14N/c1-4-5(2)6(3)7/h5-6H,3-4,7H2,1-2H3. The average molecular weight is 100 g/mol. The van der Waals surface area contributed by atoms with Crippen LogP contribution in [-0.4, -0.2) is 6.04 Å². The fourth-order valence-electron chi connectivity index (χ4n) is 0.303. The number of hydrogen-bond donors (Lipinski definition) is 1. The Bertz CT molecular complexity index is 41.4. The number of rotatable bonds is 2. The van der Waals surface area contributed by atoms with E-state index in [1.54, 1.807) is 0 Å². The first-order chi connectivity index (χ1) is 3.18. The number of nitrogens with two attached hydrogens (primary N) is 1. The van der Waals surface area contributed by atoms with Crippen molar-refractivity contribution in [3.63, 3.8) is 0 Å². The fraction of sp³-hybridized carbons (Fsp3) is 0.833. The molecular formula is C6H14N. The normalized spacial score (nSPS) is 18.9. The first kappa shape index (κ1) is 6.96. The molecule has 0 aromatic rings. The summed E-state index contributed by atoms with van der Waals surface area (Å²) >= 11 is 0. The van der Waals surface area contributed by atoms with Crippen molar-refractivity contribution in [2.45, 2.75) is 26.3 Å². The lowest BCUT2D eigenvalue weighted by molar-refractivity contribution is 0.501. The van der Waals surface area contributed by atoms with Crippen molar-refractivity contribution in [1.82, 2.24) is 0 Å². The molecule has 0 amide bonds. The maximum absolute atomic E-state index is 5.44. The van der Waals surface area contributed by atoms with E-state index in [-0.39, 0.29) is 6.04 Å². The molecule has 1 nitrogen and oxygen atoms in total. The summed E-state index contributed by atoms with van der Waals surface area (Å²) in [5.41, 5.74) is 5.44. The van der Waals surface area contributed by atoms with E-state index in [9.17, 15) is 0 Å². The number of hydrogen-bond acceptors (Lipinski definition) is 1. The van der Waals surface area contributed by atoms with Gasteiger partial charge in [-0.15, -0.1) is 0 Å². The third kappa shape index (κ3) is 2.63. The highest BCUT2D eigenvalue weighted by molar-refractivity contribution is 4.68. The second-order valence-corrected chi connectivity index (χ2v) is 2.05. The summed E-state index contributed by atoms with van der Waals surface area (Å²) in [6.45, 7) is 7.92. The van der Waals surface area contributed by atoms with Crippen molar-refractivity contribution in [3.8, 4) is 0 Å². The van der Waals surface area contributed by atoms with Crippen LogP contribution >= 0.6 is 0 Å². The molecular weight excluding hydrogens is 86.1 g/mol. The van der Waals surface area contributed by atoms with Gasteiger partial charge in [0.15, 0.2) is 0 Å². The maximum atomic E-state index is 5.44. The Morgan fingerprint density at radius 3 is 2.14 bits per heavy atom. The predicted octanol–water partition coefficient (Wildman–Crippen LogP) is 1.19. The lowest BCUT2D eigenvalue weighted by atomic mass is 10.0. The van der Waals surface area contributed by atoms with Crippen LogP contribution in [0.1, 0.15) is 20.3 Å². The van der Waals surface area contributed by atoms with Crippen LogP contribution in [0.25, 0.3) is 0 Å². The first-order valence-corrected chi connectivity index (χ1v) is 2.77. The minimum Gasteiger partial charge on any atom is -0.327 e. The lowest BCUT2D eigenvalue weighted by Crippen LogP contribution is -2.23. The van der Waals surface area contributed by atoms with Gasteiger partial charge in [0.1, 0.15) is 0 Å². The maximum Gasteiger partial charge on any atom is 0.00650 e. The second kappa shape index (κ2) is 3.03. The predicted molar refractivity (Wildman–Crippen MR) is 32.8 cm³/mol. The summed E-state index contributed by atoms with van der Waals surface area (Å²) in [6.07, 6.45) is 1.13. The van der Waals surface area contributed by atoms with Crippen LogP contribution in [-0.2, 0) is 0 Å². The Morgan fingerprint density at radius 2 is 2.14 bits per heavy atom. The SMILES string of the molecule is [CH2]C(N)C(C)CC. The molecule has 0 spiro atoms. The molecule has 0 aromatic heterocycles. The quantitative estimate of drug-likeness (QED) is 0.554. The Labute approximate surface area is 45.9 Å². The van der Waals surface area contributed by atoms with E-state index in [0.29, 0.717) is 5.92 Å². The molecule has 0 saturated heterocycles. The lowest BCUT2D eigenvalue weighted by Gasteiger charge is -2.10. The van der Waals surface area contributed by atoms with Crippen molar-refractivity contribution < 1.29 is 0 Å².